The van der Waals surface area contributed by atoms with Gasteiger partial charge in [0.05, 0.1) is 35.1 Å². The highest BCUT2D eigenvalue weighted by Gasteiger charge is 2.59. The quantitative estimate of drug-likeness (QED) is 0.0846. The summed E-state index contributed by atoms with van der Waals surface area (Å²) < 4.78 is 5.78. The summed E-state index contributed by atoms with van der Waals surface area (Å²) in [6.45, 7) is 25.2. The fourth-order valence-corrected chi connectivity index (χ4v) is 10.1. The van der Waals surface area contributed by atoms with Crippen LogP contribution in [0.3, 0.4) is 0 Å². The van der Waals surface area contributed by atoms with E-state index < -0.39 is 23.4 Å². The maximum Gasteiger partial charge on any atom is 1.00 e. The van der Waals surface area contributed by atoms with Gasteiger partial charge in [-0.3, -0.25) is 10.5 Å². The zero-order valence-electron chi connectivity index (χ0n) is 35.6. The molecule has 0 aromatic carbocycles. The third-order valence-electron chi connectivity index (χ3n) is 14.5. The largest absolute Gasteiger partial charge is 1.00 e. The van der Waals surface area contributed by atoms with Gasteiger partial charge in [-0.05, 0) is 165 Å². The molecule has 2 aliphatic heterocycles. The number of fused-ring (bicyclic) bond motifs is 6. The molecule has 6 bridgehead atoms. The van der Waals surface area contributed by atoms with Crippen LogP contribution in [0.15, 0.2) is 23.3 Å². The van der Waals surface area contributed by atoms with Crippen molar-refractivity contribution in [1.82, 2.24) is 0 Å². The van der Waals surface area contributed by atoms with E-state index in [0.717, 1.165) is 49.0 Å². The van der Waals surface area contributed by atoms with Crippen molar-refractivity contribution in [3.8, 4) is 0 Å². The molecule has 7 fully saturated rings. The molecule has 2 heterocycles. The summed E-state index contributed by atoms with van der Waals surface area (Å²) in [6, 6.07) is 0. The van der Waals surface area contributed by atoms with Crippen molar-refractivity contribution in [2.75, 3.05) is 0 Å². The molecule has 2 saturated heterocycles. The Balaban J connectivity index is 0. The lowest BCUT2D eigenvalue weighted by atomic mass is 9.44. The second-order valence-electron chi connectivity index (χ2n) is 19.1. The minimum Gasteiger partial charge on any atom is -0.412 e. The van der Waals surface area contributed by atoms with Gasteiger partial charge in [-0.2, -0.15) is 0 Å². The summed E-state index contributed by atoms with van der Waals surface area (Å²) in [5, 5.41) is 60.8. The zero-order valence-corrected chi connectivity index (χ0v) is 33.6. The molecular weight excluding hydrogens is 656 g/mol. The molecule has 8 unspecified atom stereocenters. The second-order valence-corrected chi connectivity index (χ2v) is 19.1. The number of allylic oxidation sites excluding steroid dienone is 3. The van der Waals surface area contributed by atoms with Gasteiger partial charge in [-0.15, -0.1) is 0 Å². The Bertz CT molecular complexity index is 1160. The Labute approximate surface area is 310 Å². The van der Waals surface area contributed by atoms with Crippen molar-refractivity contribution in [2.45, 2.75) is 182 Å². The summed E-state index contributed by atoms with van der Waals surface area (Å²) in [4.78, 5) is 14.0. The summed E-state index contributed by atoms with van der Waals surface area (Å²) >= 11 is 0. The lowest BCUT2D eigenvalue weighted by molar-refractivity contribution is -0.311. The Morgan fingerprint density at radius 1 is 0.745 bits per heavy atom. The molecule has 300 valence electrons. The summed E-state index contributed by atoms with van der Waals surface area (Å²) in [6.07, 6.45) is 12.5. The predicted molar refractivity (Wildman–Crippen MR) is 204 cm³/mol. The smallest absolute Gasteiger partial charge is 0.412 e. The van der Waals surface area contributed by atoms with E-state index in [2.05, 4.69) is 40.7 Å². The fraction of sp³-hybridized carbons (Fsp3) is 0.900. The van der Waals surface area contributed by atoms with Crippen molar-refractivity contribution in [1.29, 1.82) is 0 Å². The Morgan fingerprint density at radius 2 is 1.25 bits per heavy atom. The fourth-order valence-electron chi connectivity index (χ4n) is 10.1. The number of ether oxygens (including phenoxy) is 1. The Morgan fingerprint density at radius 3 is 1.57 bits per heavy atom. The van der Waals surface area contributed by atoms with Crippen LogP contribution in [0.5, 0.6) is 0 Å². The van der Waals surface area contributed by atoms with Crippen molar-refractivity contribution >= 4 is 0 Å². The summed E-state index contributed by atoms with van der Waals surface area (Å²) in [7, 11) is 0. The van der Waals surface area contributed by atoms with Gasteiger partial charge in [0, 0.05) is 9.93 Å². The van der Waals surface area contributed by atoms with Crippen LogP contribution >= 0.6 is 0 Å². The number of aliphatic hydroxyl groups is 5. The molecule has 10 aliphatic rings. The predicted octanol–water partition coefficient (Wildman–Crippen LogP) is 6.84. The summed E-state index contributed by atoms with van der Waals surface area (Å²) in [5.74, 6) is 3.85. The zero-order chi connectivity index (χ0) is 38.8. The topological polar surface area (TPSA) is 216 Å². The molecule has 9 atom stereocenters. The second kappa shape index (κ2) is 17.5. The standard InChI is InChI=1S/C10H18O3.C10H18O2.C10H18O.C10H16.H2O2.O2.H2O/c1-9(2)6-4-7(11)10(3,13-9)8(12)5-6;1-7-4-5-8(6-9(7)11)10(2,3)12;1-9(2)7-4-5-10(3,11)8(9)6-7;1-7-4-5-8-6-9(7)10(8,2)3;2*1-2;/h6-8,11-12H,4-5H2,1-3H3;4,8-9,11-12H,5-6H2,1-3H3;7-8,11H,4-6H2,1-3H3;4,8-9H,5-6H2,1-3H3;1-2H;;1H2/p+2/t;8?,9-;;;;;/m.0...../s1. The first-order valence-corrected chi connectivity index (χ1v) is 18.7. The molecule has 0 radical (unpaired) electrons. The molecular formula is C40H76O11+2. The van der Waals surface area contributed by atoms with Crippen LogP contribution in [0.1, 0.15) is 144 Å². The van der Waals surface area contributed by atoms with Gasteiger partial charge < -0.3 is 35.7 Å². The lowest BCUT2D eigenvalue weighted by Gasteiger charge is -2.62. The lowest BCUT2D eigenvalue weighted by Crippen LogP contribution is -2.67. The molecule has 10 rings (SSSR count). The molecule has 11 nitrogen and oxygen atoms in total. The van der Waals surface area contributed by atoms with E-state index in [-0.39, 0.29) is 37.5 Å². The number of hydrogen-bond acceptors (Lipinski definition) is 10. The molecule has 0 spiro atoms. The summed E-state index contributed by atoms with van der Waals surface area (Å²) in [5.41, 5.74) is 1.76. The van der Waals surface area contributed by atoms with E-state index in [0.29, 0.717) is 23.2 Å². The normalized spacial score (nSPS) is 41.1. The third kappa shape index (κ3) is 10.1. The first kappa shape index (κ1) is 47.7. The van der Waals surface area contributed by atoms with Gasteiger partial charge in [0.25, 0.3) is 0 Å². The van der Waals surface area contributed by atoms with Crippen LogP contribution < -0.4 is 0 Å². The SMILES string of the molecule is CC1(C)OC2(C)C(O)CC1CC2O.CC1(O)CCC2CC1C2(C)C.CC1=CCC(C(C)(C)O)C[C@@H]1O.CC1=CCC2CC1C2(C)C.O.O=O.OO.[H+].[H+]. The molecule has 9 N–H and O–H groups in total. The van der Waals surface area contributed by atoms with Crippen LogP contribution in [0, 0.1) is 56.3 Å². The van der Waals surface area contributed by atoms with Gasteiger partial charge in [-0.1, -0.05) is 45.4 Å². The van der Waals surface area contributed by atoms with Gasteiger partial charge in [-0.25, -0.2) is 0 Å². The van der Waals surface area contributed by atoms with E-state index >= 15 is 0 Å². The Hall–Kier alpha value is -1.28. The van der Waals surface area contributed by atoms with Crippen LogP contribution in [0.25, 0.3) is 0 Å². The monoisotopic (exact) mass is 733 g/mol. The van der Waals surface area contributed by atoms with E-state index in [1.54, 1.807) is 26.3 Å². The van der Waals surface area contributed by atoms with Crippen molar-refractivity contribution < 1.29 is 49.1 Å². The van der Waals surface area contributed by atoms with Crippen LogP contribution in [-0.4, -0.2) is 82.2 Å². The molecule has 0 amide bonds. The molecule has 11 heteroatoms. The molecule has 8 aliphatic carbocycles. The van der Waals surface area contributed by atoms with Crippen molar-refractivity contribution in [3.05, 3.63) is 33.2 Å². The van der Waals surface area contributed by atoms with Gasteiger partial charge in [0.15, 0.2) is 0 Å². The van der Waals surface area contributed by atoms with E-state index in [1.807, 2.05) is 33.8 Å². The number of aliphatic hydroxyl groups excluding tert-OH is 3. The van der Waals surface area contributed by atoms with Crippen molar-refractivity contribution in [3.63, 3.8) is 0 Å². The molecule has 51 heavy (non-hydrogen) atoms. The van der Waals surface area contributed by atoms with Crippen molar-refractivity contribution in [2.24, 2.45) is 46.3 Å². The molecule has 0 aromatic heterocycles. The van der Waals surface area contributed by atoms with Crippen LogP contribution in [0.4, 0.5) is 0 Å². The maximum atomic E-state index is 10.0. The highest BCUT2D eigenvalue weighted by molar-refractivity contribution is 5.21. The van der Waals surface area contributed by atoms with Gasteiger partial charge in [0.2, 0.25) is 0 Å². The van der Waals surface area contributed by atoms with E-state index in [9.17, 15) is 25.5 Å². The minimum absolute atomic E-state index is 0. The molecule has 0 aromatic rings. The van der Waals surface area contributed by atoms with Crippen LogP contribution in [0.2, 0.25) is 0 Å². The highest BCUT2D eigenvalue weighted by Crippen LogP contribution is 2.62. The van der Waals surface area contributed by atoms with Crippen LogP contribution in [-0.2, 0) is 4.74 Å². The van der Waals surface area contributed by atoms with Gasteiger partial charge in [0.1, 0.15) is 5.60 Å². The number of rotatable bonds is 1. The highest BCUT2D eigenvalue weighted by atomic mass is 17.0. The Kier molecular flexibility index (Phi) is 16.3. The average Bonchev–Trinajstić information content (AvgIpc) is 3.02. The minimum atomic E-state index is -0.752. The third-order valence-corrected chi connectivity index (χ3v) is 14.5. The first-order valence-electron chi connectivity index (χ1n) is 18.7. The van der Waals surface area contributed by atoms with E-state index in [1.165, 1.54) is 25.7 Å². The maximum absolute atomic E-state index is 10.0. The molecule has 5 saturated carbocycles. The number of hydrogen-bond donors (Lipinski definition) is 7. The van der Waals surface area contributed by atoms with Gasteiger partial charge >= 0.3 is 2.85 Å². The first-order chi connectivity index (χ1) is 22.8. The average molecular weight is 733 g/mol. The van der Waals surface area contributed by atoms with E-state index in [4.69, 9.17) is 25.2 Å².